The third-order valence-electron chi connectivity index (χ3n) is 2.98. The van der Waals surface area contributed by atoms with E-state index in [2.05, 4.69) is 5.10 Å². The number of rotatable bonds is 3. The molecular formula is C13H15N3O2. The highest BCUT2D eigenvalue weighted by Crippen LogP contribution is 2.31. The standard InChI is InChI=1S/C13H15N3O2/c1-16-13(14)6-11(15-16)10-4-2-3-5-12(10)18-9-7-17-8-9/h2-6,9H,7-8,14H2,1H3. The molecule has 2 aromatic rings. The van der Waals surface area contributed by atoms with Gasteiger partial charge >= 0.3 is 0 Å². The lowest BCUT2D eigenvalue weighted by Gasteiger charge is -2.27. The van der Waals surface area contributed by atoms with Gasteiger partial charge in [-0.2, -0.15) is 5.10 Å². The summed E-state index contributed by atoms with van der Waals surface area (Å²) in [4.78, 5) is 0. The molecule has 0 saturated carbocycles. The van der Waals surface area contributed by atoms with E-state index in [0.717, 1.165) is 17.0 Å². The predicted molar refractivity (Wildman–Crippen MR) is 68.3 cm³/mol. The number of ether oxygens (including phenoxy) is 2. The van der Waals surface area contributed by atoms with Gasteiger partial charge in [0.2, 0.25) is 0 Å². The number of nitrogens with zero attached hydrogens (tertiary/aromatic N) is 2. The van der Waals surface area contributed by atoms with Gasteiger partial charge in [-0.25, -0.2) is 0 Å². The molecule has 1 aliphatic rings. The van der Waals surface area contributed by atoms with Crippen LogP contribution in [0.1, 0.15) is 0 Å². The highest BCUT2D eigenvalue weighted by Gasteiger charge is 2.22. The molecule has 2 heterocycles. The second-order valence-corrected chi connectivity index (χ2v) is 4.35. The van der Waals surface area contributed by atoms with Gasteiger partial charge < -0.3 is 15.2 Å². The van der Waals surface area contributed by atoms with Crippen molar-refractivity contribution in [1.82, 2.24) is 9.78 Å². The summed E-state index contributed by atoms with van der Waals surface area (Å²) in [6.45, 7) is 1.30. The Labute approximate surface area is 105 Å². The molecule has 1 aromatic heterocycles. The van der Waals surface area contributed by atoms with Gasteiger partial charge in [0.05, 0.1) is 18.9 Å². The van der Waals surface area contributed by atoms with Crippen molar-refractivity contribution < 1.29 is 9.47 Å². The lowest BCUT2D eigenvalue weighted by atomic mass is 10.1. The molecule has 0 aliphatic carbocycles. The monoisotopic (exact) mass is 245 g/mol. The number of anilines is 1. The van der Waals surface area contributed by atoms with Gasteiger partial charge in [-0.15, -0.1) is 0 Å². The first-order chi connectivity index (χ1) is 8.74. The third kappa shape index (κ3) is 1.93. The SMILES string of the molecule is Cn1nc(-c2ccccc2OC2COC2)cc1N. The summed E-state index contributed by atoms with van der Waals surface area (Å²) in [6.07, 6.45) is 0.146. The number of nitrogens with two attached hydrogens (primary N) is 1. The minimum atomic E-state index is 0.146. The van der Waals surface area contributed by atoms with Crippen LogP contribution in [0.2, 0.25) is 0 Å². The molecule has 1 aromatic carbocycles. The van der Waals surface area contributed by atoms with Gasteiger partial charge in [0.15, 0.2) is 0 Å². The summed E-state index contributed by atoms with van der Waals surface area (Å²) in [7, 11) is 1.82. The average molecular weight is 245 g/mol. The molecule has 5 heteroatoms. The summed E-state index contributed by atoms with van der Waals surface area (Å²) < 4.78 is 12.6. The summed E-state index contributed by atoms with van der Waals surface area (Å²) in [5.74, 6) is 1.45. The first-order valence-electron chi connectivity index (χ1n) is 5.87. The Morgan fingerprint density at radius 3 is 2.78 bits per heavy atom. The minimum Gasteiger partial charge on any atom is -0.485 e. The molecule has 0 radical (unpaired) electrons. The highest BCUT2D eigenvalue weighted by atomic mass is 16.6. The van der Waals surface area contributed by atoms with Crippen molar-refractivity contribution in [2.75, 3.05) is 18.9 Å². The molecule has 0 atom stereocenters. The Balaban J connectivity index is 1.94. The van der Waals surface area contributed by atoms with Crippen LogP contribution in [0, 0.1) is 0 Å². The summed E-state index contributed by atoms with van der Waals surface area (Å²) in [6, 6.07) is 9.68. The molecule has 0 unspecified atom stereocenters. The summed E-state index contributed by atoms with van der Waals surface area (Å²) in [5, 5.41) is 4.37. The lowest BCUT2D eigenvalue weighted by molar-refractivity contribution is -0.0794. The maximum Gasteiger partial charge on any atom is 0.145 e. The van der Waals surface area contributed by atoms with Crippen molar-refractivity contribution in [1.29, 1.82) is 0 Å². The molecule has 18 heavy (non-hydrogen) atoms. The van der Waals surface area contributed by atoms with Crippen LogP contribution >= 0.6 is 0 Å². The molecule has 1 aliphatic heterocycles. The molecular weight excluding hydrogens is 230 g/mol. The number of hydrogen-bond acceptors (Lipinski definition) is 4. The Morgan fingerprint density at radius 2 is 2.17 bits per heavy atom. The zero-order chi connectivity index (χ0) is 12.5. The molecule has 3 rings (SSSR count). The van der Waals surface area contributed by atoms with E-state index in [1.165, 1.54) is 0 Å². The van der Waals surface area contributed by atoms with Gasteiger partial charge in [-0.1, -0.05) is 12.1 Å². The van der Waals surface area contributed by atoms with E-state index in [9.17, 15) is 0 Å². The smallest absolute Gasteiger partial charge is 0.145 e. The van der Waals surface area contributed by atoms with Gasteiger partial charge in [0.25, 0.3) is 0 Å². The first kappa shape index (κ1) is 11.1. The van der Waals surface area contributed by atoms with Crippen molar-refractivity contribution in [2.24, 2.45) is 7.05 Å². The van der Waals surface area contributed by atoms with Crippen molar-refractivity contribution in [3.05, 3.63) is 30.3 Å². The molecule has 5 nitrogen and oxygen atoms in total. The highest BCUT2D eigenvalue weighted by molar-refractivity contribution is 5.69. The maximum atomic E-state index is 5.87. The van der Waals surface area contributed by atoms with Crippen LogP contribution in [0.3, 0.4) is 0 Å². The molecule has 1 fully saturated rings. The normalized spacial score (nSPS) is 15.4. The Bertz CT molecular complexity index is 542. The number of benzene rings is 1. The van der Waals surface area contributed by atoms with Gasteiger partial charge in [-0.3, -0.25) is 4.68 Å². The fourth-order valence-corrected chi connectivity index (χ4v) is 1.86. The topological polar surface area (TPSA) is 62.3 Å². The Kier molecular flexibility index (Phi) is 2.68. The predicted octanol–water partition coefficient (Wildman–Crippen LogP) is 1.45. The van der Waals surface area contributed by atoms with Crippen LogP contribution in [0.15, 0.2) is 30.3 Å². The molecule has 0 bridgehead atoms. The lowest BCUT2D eigenvalue weighted by Crippen LogP contribution is -2.38. The van der Waals surface area contributed by atoms with Crippen LogP contribution in [-0.2, 0) is 11.8 Å². The zero-order valence-corrected chi connectivity index (χ0v) is 10.2. The Hall–Kier alpha value is -2.01. The van der Waals surface area contributed by atoms with E-state index in [-0.39, 0.29) is 6.10 Å². The fraction of sp³-hybridized carbons (Fsp3) is 0.308. The van der Waals surface area contributed by atoms with Crippen LogP contribution in [0.5, 0.6) is 5.75 Å². The van der Waals surface area contributed by atoms with Crippen LogP contribution in [0.25, 0.3) is 11.3 Å². The van der Waals surface area contributed by atoms with Gasteiger partial charge in [0, 0.05) is 18.7 Å². The van der Waals surface area contributed by atoms with Crippen LogP contribution in [-0.4, -0.2) is 29.1 Å². The second-order valence-electron chi connectivity index (χ2n) is 4.35. The quantitative estimate of drug-likeness (QED) is 0.889. The van der Waals surface area contributed by atoms with E-state index in [1.54, 1.807) is 4.68 Å². The van der Waals surface area contributed by atoms with Crippen molar-refractivity contribution in [3.63, 3.8) is 0 Å². The number of hydrogen-bond donors (Lipinski definition) is 1. The van der Waals surface area contributed by atoms with Crippen LogP contribution in [0.4, 0.5) is 5.82 Å². The van der Waals surface area contributed by atoms with Crippen LogP contribution < -0.4 is 10.5 Å². The third-order valence-corrected chi connectivity index (χ3v) is 2.98. The van der Waals surface area contributed by atoms with E-state index in [0.29, 0.717) is 19.0 Å². The van der Waals surface area contributed by atoms with Crippen molar-refractivity contribution in [2.45, 2.75) is 6.10 Å². The summed E-state index contributed by atoms with van der Waals surface area (Å²) >= 11 is 0. The zero-order valence-electron chi connectivity index (χ0n) is 10.2. The van der Waals surface area contributed by atoms with E-state index in [4.69, 9.17) is 15.2 Å². The average Bonchev–Trinajstić information content (AvgIpc) is 2.65. The molecule has 1 saturated heterocycles. The van der Waals surface area contributed by atoms with Crippen molar-refractivity contribution in [3.8, 4) is 17.0 Å². The van der Waals surface area contributed by atoms with Gasteiger partial charge in [0.1, 0.15) is 17.7 Å². The minimum absolute atomic E-state index is 0.146. The van der Waals surface area contributed by atoms with Crippen molar-refractivity contribution >= 4 is 5.82 Å². The second kappa shape index (κ2) is 4.34. The first-order valence-corrected chi connectivity index (χ1v) is 5.87. The Morgan fingerprint density at radius 1 is 1.39 bits per heavy atom. The van der Waals surface area contributed by atoms with E-state index in [1.807, 2.05) is 37.4 Å². The summed E-state index contributed by atoms with van der Waals surface area (Å²) in [5.41, 5.74) is 7.59. The number of aryl methyl sites for hydroxylation is 1. The molecule has 2 N–H and O–H groups in total. The van der Waals surface area contributed by atoms with E-state index < -0.39 is 0 Å². The largest absolute Gasteiger partial charge is 0.485 e. The number of nitrogen functional groups attached to an aromatic ring is 1. The maximum absolute atomic E-state index is 5.87. The number of para-hydroxylation sites is 1. The number of aromatic nitrogens is 2. The molecule has 0 amide bonds. The molecule has 94 valence electrons. The molecule has 0 spiro atoms. The fourth-order valence-electron chi connectivity index (χ4n) is 1.86. The van der Waals surface area contributed by atoms with Gasteiger partial charge in [-0.05, 0) is 12.1 Å². The van der Waals surface area contributed by atoms with E-state index >= 15 is 0 Å².